The zero-order valence-corrected chi connectivity index (χ0v) is 18.0. The van der Waals surface area contributed by atoms with Gasteiger partial charge in [0.15, 0.2) is 5.96 Å². The molecule has 146 valence electrons. The van der Waals surface area contributed by atoms with E-state index in [4.69, 9.17) is 4.99 Å². The molecular formula is C20H27FIN5. The fourth-order valence-electron chi connectivity index (χ4n) is 3.12. The van der Waals surface area contributed by atoms with Crippen molar-refractivity contribution >= 4 is 35.6 Å². The molecule has 2 heterocycles. The van der Waals surface area contributed by atoms with E-state index in [0.717, 1.165) is 50.8 Å². The van der Waals surface area contributed by atoms with Crippen LogP contribution in [0.3, 0.4) is 0 Å². The maximum absolute atomic E-state index is 14.0. The largest absolute Gasteiger partial charge is 0.366 e. The van der Waals surface area contributed by atoms with Crippen LogP contribution < -0.4 is 10.2 Å². The van der Waals surface area contributed by atoms with E-state index in [1.807, 2.05) is 36.5 Å². The molecule has 1 N–H and O–H groups in total. The van der Waals surface area contributed by atoms with Crippen LogP contribution >= 0.6 is 24.0 Å². The molecule has 0 amide bonds. The van der Waals surface area contributed by atoms with E-state index in [-0.39, 0.29) is 29.8 Å². The van der Waals surface area contributed by atoms with Crippen LogP contribution in [0.4, 0.5) is 10.1 Å². The number of guanidine groups is 1. The van der Waals surface area contributed by atoms with Crippen LogP contribution in [-0.2, 0) is 6.42 Å². The van der Waals surface area contributed by atoms with Gasteiger partial charge >= 0.3 is 0 Å². The molecule has 7 heteroatoms. The molecule has 0 unspecified atom stereocenters. The predicted octanol–water partition coefficient (Wildman–Crippen LogP) is 3.17. The fraction of sp³-hybridized carbons (Fsp3) is 0.400. The highest BCUT2D eigenvalue weighted by atomic mass is 127. The molecule has 0 aliphatic carbocycles. The van der Waals surface area contributed by atoms with Gasteiger partial charge in [-0.2, -0.15) is 0 Å². The summed E-state index contributed by atoms with van der Waals surface area (Å²) >= 11 is 0. The van der Waals surface area contributed by atoms with E-state index in [1.54, 1.807) is 6.07 Å². The number of piperazine rings is 1. The number of aromatic nitrogens is 1. The number of pyridine rings is 1. The average molecular weight is 483 g/mol. The van der Waals surface area contributed by atoms with Crippen LogP contribution in [0.5, 0.6) is 0 Å². The Balaban J connectivity index is 0.00000261. The minimum absolute atomic E-state index is 0. The van der Waals surface area contributed by atoms with Crippen molar-refractivity contribution in [1.29, 1.82) is 0 Å². The summed E-state index contributed by atoms with van der Waals surface area (Å²) < 4.78 is 14.0. The molecule has 2 aromatic rings. The molecule has 0 bridgehead atoms. The minimum Gasteiger partial charge on any atom is -0.366 e. The van der Waals surface area contributed by atoms with Crippen LogP contribution in [-0.4, -0.2) is 55.1 Å². The third-order valence-corrected chi connectivity index (χ3v) is 4.46. The summed E-state index contributed by atoms with van der Waals surface area (Å²) in [5, 5.41) is 3.37. The molecule has 0 atom stereocenters. The molecule has 1 aromatic carbocycles. The van der Waals surface area contributed by atoms with Gasteiger partial charge in [0.1, 0.15) is 5.82 Å². The van der Waals surface area contributed by atoms with Crippen molar-refractivity contribution in [3.63, 3.8) is 0 Å². The van der Waals surface area contributed by atoms with Crippen molar-refractivity contribution in [3.05, 3.63) is 60.2 Å². The molecule has 1 saturated heterocycles. The Kier molecular flexibility index (Phi) is 8.77. The van der Waals surface area contributed by atoms with Gasteiger partial charge in [-0.1, -0.05) is 18.2 Å². The molecule has 0 radical (unpaired) electrons. The second-order valence-corrected chi connectivity index (χ2v) is 6.23. The molecule has 1 aliphatic heterocycles. The Hall–Kier alpha value is -1.90. The maximum atomic E-state index is 14.0. The number of nitrogens with one attached hydrogen (secondary N) is 1. The summed E-state index contributed by atoms with van der Waals surface area (Å²) in [6, 6.07) is 12.9. The van der Waals surface area contributed by atoms with Gasteiger partial charge in [-0.15, -0.1) is 24.0 Å². The molecule has 5 nitrogen and oxygen atoms in total. The van der Waals surface area contributed by atoms with Crippen molar-refractivity contribution in [2.45, 2.75) is 13.3 Å². The van der Waals surface area contributed by atoms with Crippen LogP contribution in [0.25, 0.3) is 0 Å². The number of anilines is 1. The number of nitrogens with zero attached hydrogens (tertiary/aromatic N) is 4. The number of hydrogen-bond donors (Lipinski definition) is 1. The smallest absolute Gasteiger partial charge is 0.194 e. The van der Waals surface area contributed by atoms with Crippen LogP contribution in [0.1, 0.15) is 12.6 Å². The van der Waals surface area contributed by atoms with E-state index >= 15 is 0 Å². The van der Waals surface area contributed by atoms with Gasteiger partial charge in [0, 0.05) is 57.6 Å². The highest BCUT2D eigenvalue weighted by Crippen LogP contribution is 2.20. The molecule has 1 aromatic heterocycles. The van der Waals surface area contributed by atoms with Crippen LogP contribution in [0.15, 0.2) is 53.7 Å². The van der Waals surface area contributed by atoms with E-state index in [2.05, 4.69) is 27.0 Å². The van der Waals surface area contributed by atoms with Crippen molar-refractivity contribution in [1.82, 2.24) is 15.2 Å². The second-order valence-electron chi connectivity index (χ2n) is 6.23. The first kappa shape index (κ1) is 21.4. The Morgan fingerprint density at radius 1 is 1.11 bits per heavy atom. The summed E-state index contributed by atoms with van der Waals surface area (Å²) in [4.78, 5) is 13.4. The number of halogens is 2. The van der Waals surface area contributed by atoms with Gasteiger partial charge in [0.25, 0.3) is 0 Å². The Labute approximate surface area is 177 Å². The molecule has 1 fully saturated rings. The number of benzene rings is 1. The second kappa shape index (κ2) is 11.1. The molecule has 0 spiro atoms. The summed E-state index contributed by atoms with van der Waals surface area (Å²) in [6.07, 6.45) is 2.64. The topological polar surface area (TPSA) is 43.8 Å². The maximum Gasteiger partial charge on any atom is 0.194 e. The lowest BCUT2D eigenvalue weighted by Gasteiger charge is -2.37. The van der Waals surface area contributed by atoms with Crippen LogP contribution in [0, 0.1) is 5.82 Å². The lowest BCUT2D eigenvalue weighted by Crippen LogP contribution is -2.52. The highest BCUT2D eigenvalue weighted by Gasteiger charge is 2.21. The molecule has 0 saturated carbocycles. The Morgan fingerprint density at radius 3 is 2.52 bits per heavy atom. The molecular weight excluding hydrogens is 456 g/mol. The fourth-order valence-corrected chi connectivity index (χ4v) is 3.12. The Bertz CT molecular complexity index is 717. The van der Waals surface area contributed by atoms with Crippen molar-refractivity contribution < 1.29 is 4.39 Å². The van der Waals surface area contributed by atoms with Gasteiger partial charge in [-0.3, -0.25) is 9.98 Å². The Morgan fingerprint density at radius 2 is 1.85 bits per heavy atom. The lowest BCUT2D eigenvalue weighted by atomic mass is 10.2. The molecule has 1 aliphatic rings. The van der Waals surface area contributed by atoms with Crippen molar-refractivity contribution in [2.75, 3.05) is 44.2 Å². The van der Waals surface area contributed by atoms with Gasteiger partial charge in [0.05, 0.1) is 5.69 Å². The normalized spacial score (nSPS) is 14.7. The van der Waals surface area contributed by atoms with Gasteiger partial charge in [-0.25, -0.2) is 4.39 Å². The van der Waals surface area contributed by atoms with Gasteiger partial charge in [-0.05, 0) is 31.2 Å². The first-order chi connectivity index (χ1) is 12.8. The predicted molar refractivity (Wildman–Crippen MR) is 120 cm³/mol. The number of aliphatic imine (C=N–C) groups is 1. The van der Waals surface area contributed by atoms with Gasteiger partial charge in [0.2, 0.25) is 0 Å². The zero-order chi connectivity index (χ0) is 18.2. The highest BCUT2D eigenvalue weighted by molar-refractivity contribution is 14.0. The van der Waals surface area contributed by atoms with Crippen LogP contribution in [0.2, 0.25) is 0 Å². The summed E-state index contributed by atoms with van der Waals surface area (Å²) in [7, 11) is 0. The van der Waals surface area contributed by atoms with E-state index < -0.39 is 0 Å². The summed E-state index contributed by atoms with van der Waals surface area (Å²) in [5.41, 5.74) is 1.74. The van der Waals surface area contributed by atoms with E-state index in [0.29, 0.717) is 12.2 Å². The number of para-hydroxylation sites is 1. The quantitative estimate of drug-likeness (QED) is 0.403. The number of rotatable bonds is 5. The standard InChI is InChI=1S/C20H26FN5.HI/c1-2-22-20(24-12-10-17-7-5-6-11-23-17)26-15-13-25(14-16-26)19-9-4-3-8-18(19)21;/h3-9,11H,2,10,12-16H2,1H3,(H,22,24);1H. The summed E-state index contributed by atoms with van der Waals surface area (Å²) in [5.74, 6) is 0.772. The lowest BCUT2D eigenvalue weighted by molar-refractivity contribution is 0.371. The molecule has 3 rings (SSSR count). The SMILES string of the molecule is CCNC(=NCCc1ccccn1)N1CCN(c2ccccc2F)CC1.I. The number of hydrogen-bond acceptors (Lipinski definition) is 3. The third kappa shape index (κ3) is 6.05. The summed E-state index contributed by atoms with van der Waals surface area (Å²) in [6.45, 7) is 6.82. The van der Waals surface area contributed by atoms with E-state index in [1.165, 1.54) is 6.07 Å². The first-order valence-electron chi connectivity index (χ1n) is 9.20. The van der Waals surface area contributed by atoms with Crippen molar-refractivity contribution in [3.8, 4) is 0 Å². The monoisotopic (exact) mass is 483 g/mol. The van der Waals surface area contributed by atoms with Crippen molar-refractivity contribution in [2.24, 2.45) is 4.99 Å². The first-order valence-corrected chi connectivity index (χ1v) is 9.20. The minimum atomic E-state index is -0.156. The zero-order valence-electron chi connectivity index (χ0n) is 15.6. The average Bonchev–Trinajstić information content (AvgIpc) is 2.69. The third-order valence-electron chi connectivity index (χ3n) is 4.46. The van der Waals surface area contributed by atoms with Gasteiger partial charge < -0.3 is 15.1 Å². The molecule has 27 heavy (non-hydrogen) atoms. The van der Waals surface area contributed by atoms with E-state index in [9.17, 15) is 4.39 Å².